The topological polar surface area (TPSA) is 54.0 Å². The highest BCUT2D eigenvalue weighted by molar-refractivity contribution is 5.69. The Morgan fingerprint density at radius 1 is 0.913 bits per heavy atom. The minimum absolute atomic E-state index is 0.0255. The average Bonchev–Trinajstić information content (AvgIpc) is 2.73. The van der Waals surface area contributed by atoms with Crippen LogP contribution in [-0.2, 0) is 23.7 Å². The van der Waals surface area contributed by atoms with Crippen LogP contribution >= 0.6 is 0 Å². The quantitative estimate of drug-likeness (QED) is 0.702. The zero-order chi connectivity index (χ0) is 16.6. The minimum Gasteiger partial charge on any atom is -0.466 e. The van der Waals surface area contributed by atoms with E-state index in [-0.39, 0.29) is 5.97 Å². The van der Waals surface area contributed by atoms with Crippen molar-refractivity contribution in [2.45, 2.75) is 52.4 Å². The Kier molecular flexibility index (Phi) is 7.31. The Hall–Kier alpha value is -0.650. The van der Waals surface area contributed by atoms with Gasteiger partial charge in [0, 0.05) is 17.3 Å². The van der Waals surface area contributed by atoms with Gasteiger partial charge in [-0.15, -0.1) is 0 Å². The molecule has 0 bridgehead atoms. The van der Waals surface area contributed by atoms with Crippen LogP contribution in [0.15, 0.2) is 0 Å². The van der Waals surface area contributed by atoms with Gasteiger partial charge in [-0.3, -0.25) is 4.79 Å². The van der Waals surface area contributed by atoms with Crippen LogP contribution in [0.25, 0.3) is 0 Å². The molecule has 0 atom stereocenters. The van der Waals surface area contributed by atoms with Crippen molar-refractivity contribution in [2.75, 3.05) is 46.2 Å². The summed E-state index contributed by atoms with van der Waals surface area (Å²) in [6.45, 7) is 10.3. The highest BCUT2D eigenvalue weighted by Crippen LogP contribution is 2.35. The Balaban J connectivity index is 0.000000203. The number of carbonyl (C=O) groups is 1. The average molecular weight is 328 g/mol. The van der Waals surface area contributed by atoms with Crippen molar-refractivity contribution in [3.63, 3.8) is 0 Å². The second-order valence-corrected chi connectivity index (χ2v) is 7.22. The van der Waals surface area contributed by atoms with Gasteiger partial charge in [0.05, 0.1) is 46.2 Å². The predicted octanol–water partition coefficient (Wildman–Crippen LogP) is 2.96. The van der Waals surface area contributed by atoms with E-state index in [0.29, 0.717) is 23.9 Å². The van der Waals surface area contributed by atoms with Crippen LogP contribution < -0.4 is 0 Å². The molecule has 0 unspecified atom stereocenters. The van der Waals surface area contributed by atoms with Gasteiger partial charge in [0.2, 0.25) is 0 Å². The van der Waals surface area contributed by atoms with Crippen molar-refractivity contribution >= 4 is 5.97 Å². The molecule has 3 rings (SSSR count). The Morgan fingerprint density at radius 3 is 1.91 bits per heavy atom. The van der Waals surface area contributed by atoms with E-state index >= 15 is 0 Å². The molecule has 0 radical (unpaired) electrons. The zero-order valence-electron chi connectivity index (χ0n) is 14.7. The first-order valence-electron chi connectivity index (χ1n) is 9.03. The van der Waals surface area contributed by atoms with Gasteiger partial charge in [-0.25, -0.2) is 0 Å². The summed E-state index contributed by atoms with van der Waals surface area (Å²) in [5, 5.41) is 0. The lowest BCUT2D eigenvalue weighted by atomic mass is 9.83. The van der Waals surface area contributed by atoms with Crippen molar-refractivity contribution in [1.29, 1.82) is 0 Å². The molecule has 3 fully saturated rings. The van der Waals surface area contributed by atoms with Crippen LogP contribution in [0.5, 0.6) is 0 Å². The summed E-state index contributed by atoms with van der Waals surface area (Å²) in [4.78, 5) is 10.5. The van der Waals surface area contributed by atoms with E-state index in [4.69, 9.17) is 18.9 Å². The second-order valence-electron chi connectivity index (χ2n) is 7.22. The van der Waals surface area contributed by atoms with Crippen LogP contribution in [0.1, 0.15) is 52.4 Å². The molecule has 3 saturated heterocycles. The van der Waals surface area contributed by atoms with E-state index in [2.05, 4.69) is 13.8 Å². The van der Waals surface area contributed by atoms with E-state index in [0.717, 1.165) is 71.7 Å². The van der Waals surface area contributed by atoms with Crippen LogP contribution in [0.2, 0.25) is 0 Å². The third kappa shape index (κ3) is 5.44. The molecule has 5 heteroatoms. The fourth-order valence-corrected chi connectivity index (χ4v) is 2.85. The van der Waals surface area contributed by atoms with E-state index < -0.39 is 0 Å². The molecule has 0 aromatic rings. The van der Waals surface area contributed by atoms with Crippen LogP contribution in [0, 0.1) is 10.8 Å². The summed E-state index contributed by atoms with van der Waals surface area (Å²) in [5.41, 5.74) is 0.638. The monoisotopic (exact) mass is 328 g/mol. The minimum atomic E-state index is -0.0255. The highest BCUT2D eigenvalue weighted by atomic mass is 16.5. The van der Waals surface area contributed by atoms with Gasteiger partial charge in [0.1, 0.15) is 0 Å². The lowest BCUT2D eigenvalue weighted by molar-refractivity contribution is -0.187. The lowest BCUT2D eigenvalue weighted by Crippen LogP contribution is -2.49. The molecule has 0 aromatic carbocycles. The van der Waals surface area contributed by atoms with Crippen LogP contribution in [-0.4, -0.2) is 52.2 Å². The SMILES string of the molecule is CCC1(COCC2(CC)COC2)COC1.O=C1CCCCCO1. The molecule has 3 heterocycles. The smallest absolute Gasteiger partial charge is 0.305 e. The Labute approximate surface area is 140 Å². The molecule has 0 aliphatic carbocycles. The summed E-state index contributed by atoms with van der Waals surface area (Å²) in [7, 11) is 0. The van der Waals surface area contributed by atoms with Gasteiger partial charge in [-0.2, -0.15) is 0 Å². The normalized spacial score (nSPS) is 25.0. The molecule has 0 amide bonds. The maximum absolute atomic E-state index is 10.5. The first kappa shape index (κ1) is 18.7. The lowest BCUT2D eigenvalue weighted by Gasteiger charge is -2.44. The fourth-order valence-electron chi connectivity index (χ4n) is 2.85. The first-order valence-corrected chi connectivity index (χ1v) is 9.03. The third-order valence-corrected chi connectivity index (χ3v) is 5.24. The summed E-state index contributed by atoms with van der Waals surface area (Å²) in [5.74, 6) is -0.0255. The van der Waals surface area contributed by atoms with Crippen molar-refractivity contribution in [3.05, 3.63) is 0 Å². The van der Waals surface area contributed by atoms with Crippen molar-refractivity contribution in [3.8, 4) is 0 Å². The standard InChI is InChI=1S/C12H22O3.C6H10O2/c1-3-11(5-13-6-11)9-15-10-12(4-2)7-14-8-12;7-6-4-2-1-3-5-8-6/h3-10H2,1-2H3;1-5H2. The molecule has 0 spiro atoms. The number of ether oxygens (including phenoxy) is 4. The number of rotatable bonds is 6. The molecule has 5 nitrogen and oxygen atoms in total. The molecule has 0 aromatic heterocycles. The number of esters is 1. The largest absolute Gasteiger partial charge is 0.466 e. The number of hydrogen-bond acceptors (Lipinski definition) is 5. The summed E-state index contributed by atoms with van der Waals surface area (Å²) in [6.07, 6.45) is 6.14. The molecule has 0 saturated carbocycles. The first-order chi connectivity index (χ1) is 11.1. The number of carbonyl (C=O) groups excluding carboxylic acids is 1. The van der Waals surface area contributed by atoms with Crippen LogP contribution in [0.3, 0.4) is 0 Å². The summed E-state index contributed by atoms with van der Waals surface area (Å²) >= 11 is 0. The number of cyclic esters (lactones) is 1. The van der Waals surface area contributed by atoms with Crippen molar-refractivity contribution in [1.82, 2.24) is 0 Å². The maximum Gasteiger partial charge on any atom is 0.305 e. The second kappa shape index (κ2) is 9.00. The third-order valence-electron chi connectivity index (χ3n) is 5.24. The maximum atomic E-state index is 10.5. The van der Waals surface area contributed by atoms with Gasteiger partial charge in [0.15, 0.2) is 0 Å². The highest BCUT2D eigenvalue weighted by Gasteiger charge is 2.40. The predicted molar refractivity (Wildman–Crippen MR) is 87.3 cm³/mol. The van der Waals surface area contributed by atoms with E-state index in [1.54, 1.807) is 0 Å². The molecular weight excluding hydrogens is 296 g/mol. The van der Waals surface area contributed by atoms with Crippen molar-refractivity contribution in [2.24, 2.45) is 10.8 Å². The fraction of sp³-hybridized carbons (Fsp3) is 0.944. The molecule has 0 N–H and O–H groups in total. The van der Waals surface area contributed by atoms with Crippen molar-refractivity contribution < 1.29 is 23.7 Å². The van der Waals surface area contributed by atoms with E-state index in [1.807, 2.05) is 0 Å². The number of hydrogen-bond donors (Lipinski definition) is 0. The molecule has 3 aliphatic rings. The summed E-state index contributed by atoms with van der Waals surface area (Å²) in [6, 6.07) is 0. The van der Waals surface area contributed by atoms with E-state index in [1.165, 1.54) is 0 Å². The molecular formula is C18H32O5. The van der Waals surface area contributed by atoms with Gasteiger partial charge in [0.25, 0.3) is 0 Å². The zero-order valence-corrected chi connectivity index (χ0v) is 14.7. The van der Waals surface area contributed by atoms with Crippen LogP contribution in [0.4, 0.5) is 0 Å². The van der Waals surface area contributed by atoms with E-state index in [9.17, 15) is 4.79 Å². The van der Waals surface area contributed by atoms with Gasteiger partial charge >= 0.3 is 5.97 Å². The van der Waals surface area contributed by atoms with Gasteiger partial charge < -0.3 is 18.9 Å². The molecule has 23 heavy (non-hydrogen) atoms. The molecule has 3 aliphatic heterocycles. The summed E-state index contributed by atoms with van der Waals surface area (Å²) < 4.78 is 21.2. The Morgan fingerprint density at radius 2 is 1.48 bits per heavy atom. The van der Waals surface area contributed by atoms with Gasteiger partial charge in [-0.05, 0) is 32.1 Å². The Bertz CT molecular complexity index is 317. The van der Waals surface area contributed by atoms with Gasteiger partial charge in [-0.1, -0.05) is 13.8 Å². The molecule has 134 valence electrons.